The van der Waals surface area contributed by atoms with Crippen LogP contribution in [0.5, 0.6) is 5.75 Å². The van der Waals surface area contributed by atoms with E-state index < -0.39 is 0 Å². The molecule has 0 fully saturated rings. The van der Waals surface area contributed by atoms with E-state index in [1.165, 1.54) is 6.21 Å². The molecule has 0 aliphatic heterocycles. The van der Waals surface area contributed by atoms with Gasteiger partial charge in [-0.15, -0.1) is 0 Å². The molecule has 1 heterocycles. The van der Waals surface area contributed by atoms with Crippen LogP contribution >= 0.6 is 43.5 Å². The van der Waals surface area contributed by atoms with Crippen molar-refractivity contribution >= 4 is 66.5 Å². The second kappa shape index (κ2) is 11.9. The van der Waals surface area contributed by atoms with Gasteiger partial charge in [-0.25, -0.2) is 10.4 Å². The van der Waals surface area contributed by atoms with E-state index >= 15 is 0 Å². The first kappa shape index (κ1) is 26.1. The molecule has 0 radical (unpaired) electrons. The third-order valence-corrected chi connectivity index (χ3v) is 7.13. The van der Waals surface area contributed by atoms with Crippen molar-refractivity contribution < 1.29 is 9.53 Å². The summed E-state index contributed by atoms with van der Waals surface area (Å²) in [5, 5.41) is 5.35. The van der Waals surface area contributed by atoms with Crippen molar-refractivity contribution in [2.75, 3.05) is 0 Å². The summed E-state index contributed by atoms with van der Waals surface area (Å²) in [5.41, 5.74) is 7.21. The van der Waals surface area contributed by atoms with Crippen molar-refractivity contribution in [1.82, 2.24) is 10.4 Å². The number of nitrogens with one attached hydrogen (secondary N) is 1. The number of carbonyl (C=O) groups is 1. The van der Waals surface area contributed by atoms with Gasteiger partial charge in [0.25, 0.3) is 5.91 Å². The van der Waals surface area contributed by atoms with Crippen LogP contribution in [0.25, 0.3) is 22.2 Å². The first-order chi connectivity index (χ1) is 18.5. The van der Waals surface area contributed by atoms with Crippen LogP contribution in [0.4, 0.5) is 0 Å². The Labute approximate surface area is 241 Å². The maximum atomic E-state index is 13.2. The third kappa shape index (κ3) is 6.13. The summed E-state index contributed by atoms with van der Waals surface area (Å²) in [4.78, 5) is 17.9. The highest BCUT2D eigenvalue weighted by Gasteiger charge is 2.14. The zero-order valence-corrected chi connectivity index (χ0v) is 23.8. The minimum absolute atomic E-state index is 0.336. The van der Waals surface area contributed by atoms with Crippen LogP contribution in [0.15, 0.2) is 111 Å². The number of hydrogen-bond donors (Lipinski definition) is 1. The van der Waals surface area contributed by atoms with Crippen LogP contribution in [0.1, 0.15) is 21.5 Å². The quantitative estimate of drug-likeness (QED) is 0.142. The summed E-state index contributed by atoms with van der Waals surface area (Å²) >= 11 is 13.4. The topological polar surface area (TPSA) is 63.6 Å². The first-order valence-electron chi connectivity index (χ1n) is 11.6. The van der Waals surface area contributed by atoms with Gasteiger partial charge in [0.1, 0.15) is 6.61 Å². The second-order valence-corrected chi connectivity index (χ2v) is 10.5. The Kier molecular flexibility index (Phi) is 8.17. The molecular weight excluding hydrogens is 630 g/mol. The number of halogens is 3. The smallest absolute Gasteiger partial charge is 0.272 e. The summed E-state index contributed by atoms with van der Waals surface area (Å²) in [6.07, 6.45) is 1.54. The number of para-hydroxylation sites is 1. The van der Waals surface area contributed by atoms with Crippen molar-refractivity contribution in [2.45, 2.75) is 6.61 Å². The maximum absolute atomic E-state index is 13.2. The molecule has 1 N–H and O–H groups in total. The molecule has 0 aliphatic carbocycles. The van der Waals surface area contributed by atoms with Crippen molar-refractivity contribution in [1.29, 1.82) is 0 Å². The Morgan fingerprint density at radius 3 is 2.45 bits per heavy atom. The van der Waals surface area contributed by atoms with E-state index in [9.17, 15) is 4.79 Å². The average molecular weight is 650 g/mol. The van der Waals surface area contributed by atoms with Crippen LogP contribution < -0.4 is 10.2 Å². The number of hydrogen-bond acceptors (Lipinski definition) is 4. The van der Waals surface area contributed by atoms with Crippen molar-refractivity contribution in [3.63, 3.8) is 0 Å². The molecule has 0 aliphatic rings. The van der Waals surface area contributed by atoms with Crippen LogP contribution in [-0.4, -0.2) is 17.1 Å². The lowest BCUT2D eigenvalue weighted by atomic mass is 10.0. The van der Waals surface area contributed by atoms with E-state index in [0.29, 0.717) is 38.7 Å². The molecule has 1 amide bonds. The molecule has 188 valence electrons. The minimum Gasteiger partial charge on any atom is -0.486 e. The van der Waals surface area contributed by atoms with Gasteiger partial charge in [0.05, 0.1) is 32.5 Å². The van der Waals surface area contributed by atoms with E-state index in [1.54, 1.807) is 12.1 Å². The second-order valence-electron chi connectivity index (χ2n) is 8.37. The highest BCUT2D eigenvalue weighted by atomic mass is 79.9. The molecule has 0 unspecified atom stereocenters. The summed E-state index contributed by atoms with van der Waals surface area (Å²) in [7, 11) is 0. The third-order valence-electron chi connectivity index (χ3n) is 5.73. The lowest BCUT2D eigenvalue weighted by Crippen LogP contribution is -2.18. The highest BCUT2D eigenvalue weighted by molar-refractivity contribution is 9.10. The lowest BCUT2D eigenvalue weighted by Gasteiger charge is -2.11. The van der Waals surface area contributed by atoms with Gasteiger partial charge in [0.2, 0.25) is 0 Å². The number of rotatable bonds is 7. The van der Waals surface area contributed by atoms with E-state index in [4.69, 9.17) is 21.3 Å². The standard InChI is InChI=1S/C30H20Br2ClN3O2/c31-22-12-10-19(11-13-22)18-38-29-25(32)14-20(15-26(29)33)17-34-36-30(37)24-16-28(21-6-2-1-3-7-21)35-27-9-5-4-8-23(24)27/h1-17H,18H2,(H,36,37)/b34-17+. The fourth-order valence-electron chi connectivity index (χ4n) is 3.87. The highest BCUT2D eigenvalue weighted by Crippen LogP contribution is 2.35. The molecule has 5 aromatic rings. The van der Waals surface area contributed by atoms with Gasteiger partial charge in [-0.05, 0) is 63.5 Å². The van der Waals surface area contributed by atoms with E-state index in [-0.39, 0.29) is 5.91 Å². The maximum Gasteiger partial charge on any atom is 0.272 e. The SMILES string of the molecule is O=C(N/N=C/c1cc(Cl)c(OCc2ccc(Br)cc2)c(Br)c1)c1cc(-c2ccccc2)nc2ccccc12. The number of carbonyl (C=O) groups excluding carboxylic acids is 1. The summed E-state index contributed by atoms with van der Waals surface area (Å²) in [6, 6.07) is 30.5. The molecule has 0 saturated heterocycles. The number of hydrazone groups is 1. The van der Waals surface area contributed by atoms with Gasteiger partial charge in [0.15, 0.2) is 5.75 Å². The molecule has 0 bridgehead atoms. The lowest BCUT2D eigenvalue weighted by molar-refractivity contribution is 0.0956. The zero-order chi connectivity index (χ0) is 26.5. The van der Waals surface area contributed by atoms with E-state index in [1.807, 2.05) is 84.9 Å². The Hall–Kier alpha value is -3.52. The normalized spacial score (nSPS) is 11.1. The molecule has 0 spiro atoms. The number of ether oxygens (including phenoxy) is 1. The Bertz CT molecular complexity index is 1620. The molecule has 38 heavy (non-hydrogen) atoms. The van der Waals surface area contributed by atoms with Crippen LogP contribution in [-0.2, 0) is 6.61 Å². The molecule has 0 atom stereocenters. The first-order valence-corrected chi connectivity index (χ1v) is 13.6. The van der Waals surface area contributed by atoms with Gasteiger partial charge in [-0.3, -0.25) is 4.79 Å². The number of fused-ring (bicyclic) bond motifs is 1. The van der Waals surface area contributed by atoms with Crippen LogP contribution in [0.3, 0.4) is 0 Å². The molecule has 1 aromatic heterocycles. The van der Waals surface area contributed by atoms with Crippen LogP contribution in [0, 0.1) is 0 Å². The number of pyridine rings is 1. The summed E-state index contributed by atoms with van der Waals surface area (Å²) < 4.78 is 7.61. The number of benzene rings is 4. The predicted molar refractivity (Wildman–Crippen MR) is 160 cm³/mol. The molecule has 5 nitrogen and oxygen atoms in total. The number of amides is 1. The summed E-state index contributed by atoms with van der Waals surface area (Å²) in [5.74, 6) is 0.198. The van der Waals surface area contributed by atoms with Gasteiger partial charge in [-0.2, -0.15) is 5.10 Å². The Balaban J connectivity index is 1.32. The van der Waals surface area contributed by atoms with Crippen molar-refractivity contribution in [3.05, 3.63) is 128 Å². The Morgan fingerprint density at radius 2 is 1.68 bits per heavy atom. The van der Waals surface area contributed by atoms with E-state index in [0.717, 1.165) is 26.5 Å². The Morgan fingerprint density at radius 1 is 0.947 bits per heavy atom. The molecule has 8 heteroatoms. The summed E-state index contributed by atoms with van der Waals surface area (Å²) in [6.45, 7) is 0.375. The molecular formula is C30H20Br2ClN3O2. The van der Waals surface area contributed by atoms with Gasteiger partial charge in [0, 0.05) is 15.4 Å². The number of aromatic nitrogens is 1. The fourth-order valence-corrected chi connectivity index (χ4v) is 5.13. The van der Waals surface area contributed by atoms with E-state index in [2.05, 4.69) is 42.4 Å². The fraction of sp³-hybridized carbons (Fsp3) is 0.0333. The van der Waals surface area contributed by atoms with Gasteiger partial charge < -0.3 is 4.74 Å². The number of nitrogens with zero attached hydrogens (tertiary/aromatic N) is 2. The largest absolute Gasteiger partial charge is 0.486 e. The van der Waals surface area contributed by atoms with Gasteiger partial charge in [-0.1, -0.05) is 88.2 Å². The molecule has 0 saturated carbocycles. The average Bonchev–Trinajstić information content (AvgIpc) is 2.93. The van der Waals surface area contributed by atoms with Crippen molar-refractivity contribution in [3.8, 4) is 17.0 Å². The van der Waals surface area contributed by atoms with Crippen molar-refractivity contribution in [2.24, 2.45) is 5.10 Å². The van der Waals surface area contributed by atoms with Crippen LogP contribution in [0.2, 0.25) is 5.02 Å². The monoisotopic (exact) mass is 647 g/mol. The predicted octanol–water partition coefficient (Wildman–Crippen LogP) is 8.42. The minimum atomic E-state index is -0.336. The molecule has 4 aromatic carbocycles. The zero-order valence-electron chi connectivity index (χ0n) is 19.9. The molecule has 5 rings (SSSR count). The van der Waals surface area contributed by atoms with Gasteiger partial charge >= 0.3 is 0 Å².